The van der Waals surface area contributed by atoms with Crippen LogP contribution in [0.2, 0.25) is 0 Å². The van der Waals surface area contributed by atoms with Gasteiger partial charge in [-0.3, -0.25) is 9.52 Å². The fourth-order valence-electron chi connectivity index (χ4n) is 0.734. The Kier molecular flexibility index (Phi) is 2.37. The third-order valence-electron chi connectivity index (χ3n) is 1.24. The first-order chi connectivity index (χ1) is 5.90. The first-order valence-electron chi connectivity index (χ1n) is 3.32. The van der Waals surface area contributed by atoms with Gasteiger partial charge in [-0.2, -0.15) is 5.10 Å². The van der Waals surface area contributed by atoms with Crippen molar-refractivity contribution in [1.82, 2.24) is 9.78 Å². The molecule has 1 heterocycles. The van der Waals surface area contributed by atoms with Crippen molar-refractivity contribution in [3.05, 3.63) is 22.6 Å². The van der Waals surface area contributed by atoms with Gasteiger partial charge in [0, 0.05) is 7.05 Å². The molecule has 71 valence electrons. The van der Waals surface area contributed by atoms with Crippen LogP contribution < -0.4 is 10.3 Å². The summed E-state index contributed by atoms with van der Waals surface area (Å²) < 4.78 is 24.6. The van der Waals surface area contributed by atoms with Crippen molar-refractivity contribution in [3.63, 3.8) is 0 Å². The smallest absolute Gasteiger partial charge is 0.278 e. The van der Waals surface area contributed by atoms with Crippen LogP contribution in [0.25, 0.3) is 0 Å². The Morgan fingerprint density at radius 2 is 2.23 bits per heavy atom. The lowest BCUT2D eigenvalue weighted by Gasteiger charge is -2.02. The van der Waals surface area contributed by atoms with Gasteiger partial charge in [0.25, 0.3) is 5.56 Å². The van der Waals surface area contributed by atoms with E-state index in [9.17, 15) is 13.2 Å². The van der Waals surface area contributed by atoms with Gasteiger partial charge < -0.3 is 0 Å². The van der Waals surface area contributed by atoms with Crippen molar-refractivity contribution in [3.8, 4) is 0 Å². The van der Waals surface area contributed by atoms with E-state index in [2.05, 4.69) is 16.0 Å². The Morgan fingerprint density at radius 1 is 1.62 bits per heavy atom. The average molecular weight is 202 g/mol. The molecule has 0 aliphatic rings. The number of hydrogen-bond acceptors (Lipinski definition) is 4. The van der Waals surface area contributed by atoms with Crippen LogP contribution in [0, 0.1) is 6.20 Å². The molecule has 0 saturated carbocycles. The molecule has 0 atom stereocenters. The number of aromatic nitrogens is 2. The minimum atomic E-state index is -3.43. The quantitative estimate of drug-likeness (QED) is 0.663. The summed E-state index contributed by atoms with van der Waals surface area (Å²) in [6.07, 6.45) is 3.34. The van der Waals surface area contributed by atoms with Crippen LogP contribution in [-0.2, 0) is 17.1 Å². The van der Waals surface area contributed by atoms with Gasteiger partial charge in [-0.15, -0.1) is 0 Å². The molecule has 0 bridgehead atoms. The van der Waals surface area contributed by atoms with Crippen molar-refractivity contribution >= 4 is 15.7 Å². The maximum atomic E-state index is 11.2. The first kappa shape index (κ1) is 9.72. The molecule has 7 heteroatoms. The van der Waals surface area contributed by atoms with E-state index in [-0.39, 0.29) is 5.69 Å². The Morgan fingerprint density at radius 3 is 2.77 bits per heavy atom. The number of rotatable bonds is 2. The molecule has 0 amide bonds. The molecule has 0 spiro atoms. The molecular formula is C6H8N3O3S. The van der Waals surface area contributed by atoms with E-state index in [1.807, 2.05) is 0 Å². The summed E-state index contributed by atoms with van der Waals surface area (Å²) >= 11 is 0. The van der Waals surface area contributed by atoms with Crippen molar-refractivity contribution < 1.29 is 8.42 Å². The maximum absolute atomic E-state index is 11.2. The Bertz CT molecular complexity index is 462. The zero-order chi connectivity index (χ0) is 10.1. The van der Waals surface area contributed by atoms with Gasteiger partial charge in [-0.25, -0.2) is 13.1 Å². The van der Waals surface area contributed by atoms with Crippen LogP contribution in [-0.4, -0.2) is 24.5 Å². The van der Waals surface area contributed by atoms with E-state index in [4.69, 9.17) is 0 Å². The van der Waals surface area contributed by atoms with Crippen LogP contribution in [0.1, 0.15) is 0 Å². The topological polar surface area (TPSA) is 81.1 Å². The minimum Gasteiger partial charge on any atom is -0.278 e. The van der Waals surface area contributed by atoms with Crippen LogP contribution in [0.15, 0.2) is 10.9 Å². The zero-order valence-corrected chi connectivity index (χ0v) is 7.92. The lowest BCUT2D eigenvalue weighted by atomic mass is 10.5. The van der Waals surface area contributed by atoms with Gasteiger partial charge in [-0.1, -0.05) is 0 Å². The molecular weight excluding hydrogens is 194 g/mol. The van der Waals surface area contributed by atoms with E-state index < -0.39 is 15.6 Å². The highest BCUT2D eigenvalue weighted by molar-refractivity contribution is 7.92. The molecule has 1 N–H and O–H groups in total. The highest BCUT2D eigenvalue weighted by Crippen LogP contribution is 1.97. The SMILES string of the molecule is Cn1n[c]cc(NS(C)(=O)=O)c1=O. The Labute approximate surface area is 75.3 Å². The second kappa shape index (κ2) is 3.17. The predicted octanol–water partition coefficient (Wildman–Crippen LogP) is -1.05. The summed E-state index contributed by atoms with van der Waals surface area (Å²) in [6.45, 7) is 0. The van der Waals surface area contributed by atoms with E-state index >= 15 is 0 Å². The van der Waals surface area contributed by atoms with E-state index in [1.165, 1.54) is 13.1 Å². The van der Waals surface area contributed by atoms with Crippen LogP contribution >= 0.6 is 0 Å². The van der Waals surface area contributed by atoms with Gasteiger partial charge in [0.2, 0.25) is 10.0 Å². The first-order valence-corrected chi connectivity index (χ1v) is 5.21. The number of aryl methyl sites for hydroxylation is 1. The van der Waals surface area contributed by atoms with Crippen molar-refractivity contribution in [2.45, 2.75) is 0 Å². The number of nitrogens with zero attached hydrogens (tertiary/aromatic N) is 2. The van der Waals surface area contributed by atoms with Gasteiger partial charge >= 0.3 is 0 Å². The monoisotopic (exact) mass is 202 g/mol. The number of hydrogen-bond donors (Lipinski definition) is 1. The summed E-state index contributed by atoms with van der Waals surface area (Å²) in [6, 6.07) is 1.18. The molecule has 0 saturated heterocycles. The number of sulfonamides is 1. The van der Waals surface area contributed by atoms with Crippen molar-refractivity contribution in [2.24, 2.45) is 7.05 Å². The molecule has 0 aliphatic carbocycles. The molecule has 6 nitrogen and oxygen atoms in total. The lowest BCUT2D eigenvalue weighted by molar-refractivity contribution is 0.606. The fraction of sp³-hybridized carbons (Fsp3) is 0.333. The molecule has 1 radical (unpaired) electrons. The van der Waals surface area contributed by atoms with E-state index in [1.54, 1.807) is 0 Å². The highest BCUT2D eigenvalue weighted by Gasteiger charge is 2.06. The van der Waals surface area contributed by atoms with Gasteiger partial charge in [0.05, 0.1) is 6.26 Å². The number of nitrogens with one attached hydrogen (secondary N) is 1. The average Bonchev–Trinajstić information content (AvgIpc) is 1.96. The Balaban J connectivity index is 3.18. The van der Waals surface area contributed by atoms with Crippen LogP contribution in [0.3, 0.4) is 0 Å². The number of anilines is 1. The molecule has 0 unspecified atom stereocenters. The third kappa shape index (κ3) is 2.55. The maximum Gasteiger partial charge on any atom is 0.290 e. The van der Waals surface area contributed by atoms with E-state index in [0.29, 0.717) is 0 Å². The molecule has 13 heavy (non-hydrogen) atoms. The van der Waals surface area contributed by atoms with Gasteiger partial charge in [0.15, 0.2) is 0 Å². The van der Waals surface area contributed by atoms with Gasteiger partial charge in [0.1, 0.15) is 11.9 Å². The van der Waals surface area contributed by atoms with Crippen molar-refractivity contribution in [2.75, 3.05) is 11.0 Å². The van der Waals surface area contributed by atoms with Crippen LogP contribution in [0.5, 0.6) is 0 Å². The van der Waals surface area contributed by atoms with Gasteiger partial charge in [-0.05, 0) is 6.07 Å². The molecule has 0 aliphatic heterocycles. The zero-order valence-electron chi connectivity index (χ0n) is 7.10. The third-order valence-corrected chi connectivity index (χ3v) is 1.83. The second-order valence-corrected chi connectivity index (χ2v) is 4.24. The normalized spacial score (nSPS) is 11.2. The molecule has 0 fully saturated rings. The van der Waals surface area contributed by atoms with E-state index in [0.717, 1.165) is 10.9 Å². The second-order valence-electron chi connectivity index (χ2n) is 2.49. The highest BCUT2D eigenvalue weighted by atomic mass is 32.2. The summed E-state index contributed by atoms with van der Waals surface area (Å²) in [5, 5.41) is 3.51. The lowest BCUT2D eigenvalue weighted by Crippen LogP contribution is -2.25. The fourth-order valence-corrected chi connectivity index (χ4v) is 1.28. The van der Waals surface area contributed by atoms with Crippen molar-refractivity contribution in [1.29, 1.82) is 0 Å². The summed E-state index contributed by atoms with van der Waals surface area (Å²) in [5.74, 6) is 0. The Hall–Kier alpha value is -1.37. The molecule has 1 rings (SSSR count). The molecule has 1 aromatic rings. The molecule has 1 aromatic heterocycles. The minimum absolute atomic E-state index is 0.0556. The predicted molar refractivity (Wildman–Crippen MR) is 46.8 cm³/mol. The summed E-state index contributed by atoms with van der Waals surface area (Å²) in [5.41, 5.74) is -0.566. The standard InChI is InChI=1S/C6H8N3O3S/c1-9-6(10)5(3-4-7-9)8-13(2,11)12/h3,8H,1-2H3. The molecule has 0 aromatic carbocycles. The largest absolute Gasteiger partial charge is 0.290 e. The summed E-state index contributed by atoms with van der Waals surface area (Å²) in [4.78, 5) is 11.2. The summed E-state index contributed by atoms with van der Waals surface area (Å²) in [7, 11) is -2.02. The van der Waals surface area contributed by atoms with Crippen LogP contribution in [0.4, 0.5) is 5.69 Å².